The maximum absolute atomic E-state index is 12.1. The van der Waals surface area contributed by atoms with Gasteiger partial charge in [-0.15, -0.1) is 0 Å². The Labute approximate surface area is 99.7 Å². The minimum Gasteiger partial charge on any atom is -0.423 e. The molecule has 0 heterocycles. The van der Waals surface area contributed by atoms with Gasteiger partial charge < -0.3 is 4.13 Å². The van der Waals surface area contributed by atoms with Crippen molar-refractivity contribution in [2.45, 2.75) is 17.7 Å². The molecule has 0 aliphatic rings. The van der Waals surface area contributed by atoms with Gasteiger partial charge in [-0.1, -0.05) is 0 Å². The van der Waals surface area contributed by atoms with Gasteiger partial charge in [0.25, 0.3) is 0 Å². The van der Waals surface area contributed by atoms with E-state index in [1.54, 1.807) is 0 Å². The van der Waals surface area contributed by atoms with Crippen LogP contribution in [0.5, 0.6) is 0 Å². The van der Waals surface area contributed by atoms with Crippen molar-refractivity contribution < 1.29 is 57.6 Å². The van der Waals surface area contributed by atoms with Crippen LogP contribution >= 0.6 is 0 Å². The van der Waals surface area contributed by atoms with Crippen molar-refractivity contribution in [1.29, 1.82) is 0 Å². The Bertz CT molecular complexity index is 391. The van der Waals surface area contributed by atoms with E-state index >= 15 is 0 Å². The molecule has 0 aromatic heterocycles. The molecule has 0 aliphatic carbocycles. The third-order valence-corrected chi connectivity index (χ3v) is 4.00. The normalized spacial score (nSPS) is 14.4. The van der Waals surface area contributed by atoms with Crippen LogP contribution < -0.4 is 18.9 Å². The molecule has 16 heavy (non-hydrogen) atoms. The zero-order valence-electron chi connectivity index (χ0n) is 7.79. The minimum absolute atomic E-state index is 0. The number of hydrogen-bond acceptors (Lipinski definition) is 4. The van der Waals surface area contributed by atoms with Gasteiger partial charge in [0.15, 0.2) is 10.0 Å². The van der Waals surface area contributed by atoms with Gasteiger partial charge in [-0.05, 0) is 0 Å². The quantitative estimate of drug-likeness (QED) is 0.450. The van der Waals surface area contributed by atoms with E-state index in [-0.39, 0.29) is 25.8 Å². The molecule has 0 saturated heterocycles. The van der Waals surface area contributed by atoms with Crippen LogP contribution in [0.3, 0.4) is 0 Å². The number of hydrogen-bond donors (Lipinski definition) is 0. The van der Waals surface area contributed by atoms with Crippen molar-refractivity contribution in [2.24, 2.45) is 0 Å². The van der Waals surface area contributed by atoms with Gasteiger partial charge in [0, 0.05) is 6.92 Å². The third-order valence-electron chi connectivity index (χ3n) is 0.942. The zero-order chi connectivity index (χ0) is 12.7. The minimum atomic E-state index is -6.48. The van der Waals surface area contributed by atoms with Crippen molar-refractivity contribution >= 4 is 20.0 Å². The van der Waals surface area contributed by atoms with E-state index in [4.69, 9.17) is 0 Å². The van der Waals surface area contributed by atoms with Gasteiger partial charge in [-0.2, -0.15) is 22.0 Å². The molecule has 13 heteroatoms. The number of sulfonamides is 2. The fraction of sp³-hybridized carbons (Fsp3) is 1.00. The number of alkyl halides is 5. The first-order valence-corrected chi connectivity index (χ1v) is 5.77. The Balaban J connectivity index is 0. The molecule has 0 radical (unpaired) electrons. The summed E-state index contributed by atoms with van der Waals surface area (Å²) < 4.78 is 101. The Hall–Kier alpha value is 0.107. The van der Waals surface area contributed by atoms with Crippen LogP contribution in [0.25, 0.3) is 4.13 Å². The summed E-state index contributed by atoms with van der Waals surface area (Å²) in [7, 11) is -12.5. The van der Waals surface area contributed by atoms with Gasteiger partial charge in [-0.3, -0.25) is 0 Å². The average molecular weight is 283 g/mol. The first kappa shape index (κ1) is 18.5. The Morgan fingerprint density at radius 1 is 0.875 bits per heavy atom. The summed E-state index contributed by atoms with van der Waals surface area (Å²) in [5.74, 6) is 0. The summed E-state index contributed by atoms with van der Waals surface area (Å²) in [5, 5.41) is -4.70. The molecule has 0 fully saturated rings. The van der Waals surface area contributed by atoms with Crippen LogP contribution in [0.2, 0.25) is 0 Å². The van der Waals surface area contributed by atoms with Gasteiger partial charge in [0.05, 0.1) is 0 Å². The Morgan fingerprint density at radius 3 is 1.38 bits per heavy atom. The molecule has 0 atom stereocenters. The van der Waals surface area contributed by atoms with Gasteiger partial charge in [-0.25, -0.2) is 16.8 Å². The fourth-order valence-corrected chi connectivity index (χ4v) is 2.13. The van der Waals surface area contributed by atoms with Crippen molar-refractivity contribution in [1.82, 2.24) is 0 Å². The van der Waals surface area contributed by atoms with E-state index in [1.807, 2.05) is 0 Å². The van der Waals surface area contributed by atoms with Crippen LogP contribution in [0.15, 0.2) is 0 Å². The summed E-state index contributed by atoms with van der Waals surface area (Å²) in [4.78, 5) is 0. The first-order valence-electron chi connectivity index (χ1n) is 2.88. The molecule has 0 amide bonds. The van der Waals surface area contributed by atoms with E-state index in [2.05, 4.69) is 0 Å². The molecular weight excluding hydrogens is 280 g/mol. The Morgan fingerprint density at radius 2 is 1.19 bits per heavy atom. The molecule has 0 saturated carbocycles. The molecule has 0 unspecified atom stereocenters. The molecule has 0 N–H and O–H groups in total. The van der Waals surface area contributed by atoms with Crippen molar-refractivity contribution in [3.05, 3.63) is 4.13 Å². The second-order valence-electron chi connectivity index (χ2n) is 2.28. The standard InChI is InChI=1S/C3H3F5NO4S2.Li/c1-2(4,5)14(10,11)9-15(12,13)3(6,7)8;/h1H3;/q-1;+1. The van der Waals surface area contributed by atoms with Gasteiger partial charge in [0.1, 0.15) is 10.0 Å². The van der Waals surface area contributed by atoms with Gasteiger partial charge in [0.2, 0.25) is 0 Å². The topological polar surface area (TPSA) is 82.4 Å². The largest absolute Gasteiger partial charge is 1.00 e. The van der Waals surface area contributed by atoms with Crippen LogP contribution in [-0.4, -0.2) is 27.6 Å². The summed E-state index contributed by atoms with van der Waals surface area (Å²) in [5.41, 5.74) is -6.04. The molecule has 0 aliphatic heterocycles. The smallest absolute Gasteiger partial charge is 0.423 e. The summed E-state index contributed by atoms with van der Waals surface area (Å²) >= 11 is 0. The van der Waals surface area contributed by atoms with Crippen LogP contribution in [-0.2, 0) is 20.0 Å². The van der Waals surface area contributed by atoms with E-state index in [9.17, 15) is 38.8 Å². The second kappa shape index (κ2) is 4.77. The summed E-state index contributed by atoms with van der Waals surface area (Å²) in [6.07, 6.45) is 0. The fourth-order valence-electron chi connectivity index (χ4n) is 0.237. The van der Waals surface area contributed by atoms with Crippen LogP contribution in [0, 0.1) is 0 Å². The van der Waals surface area contributed by atoms with Gasteiger partial charge >= 0.3 is 29.6 Å². The van der Waals surface area contributed by atoms with E-state index in [0.717, 1.165) is 4.13 Å². The molecule has 0 rings (SSSR count). The second-order valence-corrected chi connectivity index (χ2v) is 5.95. The van der Waals surface area contributed by atoms with E-state index in [1.165, 1.54) is 0 Å². The molecule has 0 aromatic rings. The number of nitrogens with zero attached hydrogens (tertiary/aromatic N) is 1. The summed E-state index contributed by atoms with van der Waals surface area (Å²) in [6.45, 7) is -0.294. The maximum atomic E-state index is 12.1. The molecular formula is C3H3F5LiNO4S2. The monoisotopic (exact) mass is 283 g/mol. The molecule has 0 spiro atoms. The summed E-state index contributed by atoms with van der Waals surface area (Å²) in [6, 6.07) is 0. The molecule has 92 valence electrons. The predicted octanol–water partition coefficient (Wildman–Crippen LogP) is -1.84. The molecule has 0 aromatic carbocycles. The van der Waals surface area contributed by atoms with Crippen molar-refractivity contribution in [3.63, 3.8) is 0 Å². The Kier molecular flexibility index (Phi) is 5.51. The van der Waals surface area contributed by atoms with Crippen LogP contribution in [0.1, 0.15) is 6.92 Å². The first-order chi connectivity index (χ1) is 6.21. The van der Waals surface area contributed by atoms with E-state index in [0.29, 0.717) is 0 Å². The maximum Gasteiger partial charge on any atom is 1.00 e. The SMILES string of the molecule is CC(F)(F)S(=O)(=O)[N-]S(=O)(=O)C(F)(F)F.[Li+]. The number of rotatable bonds is 3. The molecule has 5 nitrogen and oxygen atoms in total. The predicted molar refractivity (Wildman–Crippen MR) is 37.9 cm³/mol. The third kappa shape index (κ3) is 4.17. The molecule has 0 bridgehead atoms. The van der Waals surface area contributed by atoms with E-state index < -0.39 is 30.8 Å². The van der Waals surface area contributed by atoms with Crippen LogP contribution in [0.4, 0.5) is 22.0 Å². The zero-order valence-corrected chi connectivity index (χ0v) is 9.42. The van der Waals surface area contributed by atoms with Crippen molar-refractivity contribution in [2.75, 3.05) is 0 Å². The average Bonchev–Trinajstić information content (AvgIpc) is 1.77. The van der Waals surface area contributed by atoms with Crippen molar-refractivity contribution in [3.8, 4) is 0 Å². The number of halogens is 5.